The van der Waals surface area contributed by atoms with Gasteiger partial charge in [0.2, 0.25) is 5.78 Å². The highest BCUT2D eigenvalue weighted by molar-refractivity contribution is 6.26. The Bertz CT molecular complexity index is 1970. The molecule has 3 fully saturated rings. The molecule has 7 N–H and O–H groups in total. The molecule has 3 unspecified atom stereocenters. The number of fused-ring (bicyclic) bond motifs is 5. The third kappa shape index (κ3) is 11.0. The highest BCUT2D eigenvalue weighted by atomic mass is 35.5. The van der Waals surface area contributed by atoms with Gasteiger partial charge in [-0.15, -0.1) is 11.6 Å². The lowest BCUT2D eigenvalue weighted by Gasteiger charge is -2.64. The van der Waals surface area contributed by atoms with E-state index in [1.165, 1.54) is 31.4 Å². The molecular formula is C41H56ClN3O20. The molecule has 0 radical (unpaired) electrons. The SMILES string of the molecule is COc1cc(C(=O)OCCCCC(CON(O)O)ON(O)O)ccc1OC(=O)OCC(=O)[C@@]1(OC(=O)CCCON(O)O)[C@@H](C)CC2C3CCC4=CC(=O)C=C[C@]4(C)[C@@]3(Cl)[C@@H](O)C[C@@]21C. The van der Waals surface area contributed by atoms with Gasteiger partial charge in [-0.1, -0.05) is 32.4 Å². The topological polar surface area (TPSA) is 311 Å². The van der Waals surface area contributed by atoms with E-state index < -0.39 is 105 Å². The summed E-state index contributed by atoms with van der Waals surface area (Å²) < 4.78 is 27.5. The van der Waals surface area contributed by atoms with Crippen molar-refractivity contribution in [3.05, 3.63) is 47.6 Å². The first-order valence-corrected chi connectivity index (χ1v) is 21.2. The van der Waals surface area contributed by atoms with Gasteiger partial charge in [-0.2, -0.15) is 0 Å². The predicted octanol–water partition coefficient (Wildman–Crippen LogP) is 4.46. The summed E-state index contributed by atoms with van der Waals surface area (Å²) in [7, 11) is 1.25. The van der Waals surface area contributed by atoms with E-state index in [1.54, 1.807) is 26.0 Å². The molecule has 65 heavy (non-hydrogen) atoms. The molecule has 0 heterocycles. The lowest BCUT2D eigenvalue weighted by molar-refractivity contribution is -0.527. The number of unbranched alkanes of at least 4 members (excludes halogenated alkanes) is 1. The number of carbonyl (C=O) groups is 5. The fourth-order valence-corrected chi connectivity index (χ4v) is 10.9. The molecule has 0 aromatic heterocycles. The van der Waals surface area contributed by atoms with Crippen molar-refractivity contribution in [2.75, 3.05) is 33.5 Å². The number of nitrogens with zero attached hydrogens (tertiary/aromatic N) is 3. The lowest BCUT2D eigenvalue weighted by Crippen LogP contribution is -2.69. The first kappa shape index (κ1) is 51.8. The van der Waals surface area contributed by atoms with Gasteiger partial charge in [-0.3, -0.25) is 50.5 Å². The molecule has 1 aromatic carbocycles. The fraction of sp³-hybridized carbons (Fsp3) is 0.634. The number of hydrogen-bond donors (Lipinski definition) is 7. The zero-order valence-electron chi connectivity index (χ0n) is 36.2. The number of allylic oxidation sites excluding steroid dienone is 4. The van der Waals surface area contributed by atoms with E-state index in [0.29, 0.717) is 25.7 Å². The average Bonchev–Trinajstić information content (AvgIpc) is 3.45. The van der Waals surface area contributed by atoms with E-state index >= 15 is 0 Å². The predicted molar refractivity (Wildman–Crippen MR) is 213 cm³/mol. The van der Waals surface area contributed by atoms with E-state index in [-0.39, 0.29) is 68.2 Å². The number of methoxy groups -OCH3 is 1. The summed E-state index contributed by atoms with van der Waals surface area (Å²) in [4.78, 5) is 79.0. The molecule has 0 aliphatic heterocycles. The number of ether oxygens (including phenoxy) is 5. The highest BCUT2D eigenvalue weighted by Gasteiger charge is 2.76. The summed E-state index contributed by atoms with van der Waals surface area (Å²) in [6, 6.07) is 3.75. The number of halogens is 1. The van der Waals surface area contributed by atoms with Gasteiger partial charge in [0.05, 0.1) is 53.0 Å². The Hall–Kier alpha value is -4.18. The van der Waals surface area contributed by atoms with Crippen molar-refractivity contribution >= 4 is 41.3 Å². The van der Waals surface area contributed by atoms with Gasteiger partial charge in [0.1, 0.15) is 12.7 Å². The zero-order valence-corrected chi connectivity index (χ0v) is 37.0. The minimum atomic E-state index is -1.96. The van der Waals surface area contributed by atoms with Crippen molar-refractivity contribution in [3.8, 4) is 11.5 Å². The molecule has 4 aliphatic carbocycles. The Balaban J connectivity index is 1.27. The summed E-state index contributed by atoms with van der Waals surface area (Å²) in [5, 5.41) is 63.5. The quantitative estimate of drug-likeness (QED) is 0.0211. The Morgan fingerprint density at radius 2 is 1.65 bits per heavy atom. The van der Waals surface area contributed by atoms with E-state index in [0.717, 1.165) is 5.57 Å². The molecule has 0 amide bonds. The third-order valence-corrected chi connectivity index (χ3v) is 14.2. The van der Waals surface area contributed by atoms with Crippen LogP contribution in [0.3, 0.4) is 0 Å². The van der Waals surface area contributed by atoms with Gasteiger partial charge in [0.25, 0.3) is 0 Å². The molecule has 0 spiro atoms. The number of esters is 2. The third-order valence-electron chi connectivity index (χ3n) is 13.3. The fourth-order valence-electron chi connectivity index (χ4n) is 10.4. The molecule has 1 aromatic rings. The minimum absolute atomic E-state index is 0.00997. The van der Waals surface area contributed by atoms with Crippen LogP contribution in [0.25, 0.3) is 0 Å². The Kier molecular flexibility index (Phi) is 17.2. The van der Waals surface area contributed by atoms with Gasteiger partial charge in [0.15, 0.2) is 29.5 Å². The first-order valence-electron chi connectivity index (χ1n) is 20.8. The van der Waals surface area contributed by atoms with E-state index in [2.05, 4.69) is 14.5 Å². The molecule has 3 saturated carbocycles. The molecular weight excluding hydrogens is 890 g/mol. The van der Waals surface area contributed by atoms with Crippen LogP contribution in [0.2, 0.25) is 0 Å². The Morgan fingerprint density at radius 3 is 2.32 bits per heavy atom. The number of Topliss-reactive ketones (excluding diaryl/α,β-unsaturated/α-hetero) is 1. The van der Waals surface area contributed by atoms with Gasteiger partial charge in [-0.25, -0.2) is 19.3 Å². The van der Waals surface area contributed by atoms with Gasteiger partial charge >= 0.3 is 18.1 Å². The number of aliphatic hydroxyl groups excluding tert-OH is 1. The van der Waals surface area contributed by atoms with Crippen LogP contribution in [0.4, 0.5) is 4.79 Å². The standard InChI is InChI=1S/C41H56ClN3O20/c1-24-18-30-29-12-11-26-20-27(46)14-15-38(26,2)40(29,42)33(47)21-39(30,3)41(24,64-35(49)9-7-17-61-43(52)53)34(48)23-60-37(51)63-31-13-10-25(19-32(31)58-4)36(50)59-16-6-5-8-28(65-45(56)57)22-62-44(54)55/h10,13-15,19-20,24,28-30,33,47,52-57H,5-9,11-12,16-18,21-23H2,1-4H3/t24-,28?,29?,30?,33-,38-,39-,40-,41-/m0/s1. The summed E-state index contributed by atoms with van der Waals surface area (Å²) in [5.41, 5.74) is -3.32. The number of alkyl halides is 1. The van der Waals surface area contributed by atoms with Crippen molar-refractivity contribution in [1.82, 2.24) is 16.2 Å². The van der Waals surface area contributed by atoms with Crippen LogP contribution in [-0.4, -0.2) is 138 Å². The van der Waals surface area contributed by atoms with E-state index in [9.17, 15) is 29.1 Å². The molecule has 9 atom stereocenters. The number of ketones is 2. The van der Waals surface area contributed by atoms with Gasteiger partial charge in [0, 0.05) is 23.2 Å². The number of benzene rings is 1. The molecule has 5 rings (SSSR count). The molecule has 24 heteroatoms. The Morgan fingerprint density at radius 1 is 0.923 bits per heavy atom. The first-order chi connectivity index (χ1) is 30.6. The van der Waals surface area contributed by atoms with Crippen molar-refractivity contribution in [3.63, 3.8) is 0 Å². The van der Waals surface area contributed by atoms with Gasteiger partial charge < -0.3 is 28.8 Å². The van der Waals surface area contributed by atoms with Crippen LogP contribution in [0, 0.1) is 28.6 Å². The molecule has 0 saturated heterocycles. The smallest absolute Gasteiger partial charge is 0.493 e. The van der Waals surface area contributed by atoms with Crippen molar-refractivity contribution in [1.29, 1.82) is 0 Å². The number of rotatable bonds is 22. The van der Waals surface area contributed by atoms with Gasteiger partial charge in [-0.05, 0) is 93.6 Å². The Labute approximate surface area is 377 Å². The van der Waals surface area contributed by atoms with Crippen molar-refractivity contribution in [2.45, 2.75) is 101 Å². The maximum atomic E-state index is 14.7. The largest absolute Gasteiger partial charge is 0.514 e. The summed E-state index contributed by atoms with van der Waals surface area (Å²) >= 11 is 7.60. The van der Waals surface area contributed by atoms with E-state index in [4.69, 9.17) is 66.5 Å². The molecule has 23 nitrogen and oxygen atoms in total. The van der Waals surface area contributed by atoms with Crippen molar-refractivity contribution < 1.29 is 98.5 Å². The number of aliphatic hydroxyl groups is 1. The zero-order chi connectivity index (χ0) is 47.9. The average molecular weight is 946 g/mol. The number of carbonyl (C=O) groups excluding carboxylic acids is 5. The monoisotopic (exact) mass is 945 g/mol. The maximum absolute atomic E-state index is 14.7. The summed E-state index contributed by atoms with van der Waals surface area (Å²) in [6.07, 6.45) is 2.68. The maximum Gasteiger partial charge on any atom is 0.514 e. The van der Waals surface area contributed by atoms with E-state index in [1.807, 2.05) is 6.92 Å². The van der Waals surface area contributed by atoms with Crippen LogP contribution in [0.15, 0.2) is 42.0 Å². The molecule has 4 aliphatic rings. The van der Waals surface area contributed by atoms with Crippen LogP contribution >= 0.6 is 11.6 Å². The van der Waals surface area contributed by atoms with Crippen molar-refractivity contribution in [2.24, 2.45) is 28.6 Å². The second-order valence-electron chi connectivity index (χ2n) is 16.9. The number of hydrogen-bond acceptors (Lipinski definition) is 23. The van der Waals surface area contributed by atoms with Crippen LogP contribution in [-0.2, 0) is 43.1 Å². The molecule has 0 bridgehead atoms. The van der Waals surface area contributed by atoms with Crippen LogP contribution < -0.4 is 9.47 Å². The molecule has 362 valence electrons. The summed E-state index contributed by atoms with van der Waals surface area (Å²) in [5.74, 6) is -4.37. The second kappa shape index (κ2) is 21.6. The van der Waals surface area contributed by atoms with Crippen LogP contribution in [0.5, 0.6) is 11.5 Å². The normalized spacial score (nSPS) is 29.7. The lowest BCUT2D eigenvalue weighted by atomic mass is 9.45. The summed E-state index contributed by atoms with van der Waals surface area (Å²) in [6.45, 7) is 3.61. The minimum Gasteiger partial charge on any atom is -0.493 e. The van der Waals surface area contributed by atoms with Crippen LogP contribution in [0.1, 0.15) is 88.9 Å². The second-order valence-corrected chi connectivity index (χ2v) is 17.5. The highest BCUT2D eigenvalue weighted by Crippen LogP contribution is 2.72.